The number of nitriles is 1. The maximum absolute atomic E-state index is 8.75. The molecule has 0 saturated carbocycles. The molecular weight excluding hydrogens is 190 g/mol. The predicted octanol–water partition coefficient (Wildman–Crippen LogP) is 1.70. The lowest BCUT2D eigenvalue weighted by atomic mass is 10.1. The molecule has 1 heterocycles. The minimum absolute atomic E-state index is 0.313. The van der Waals surface area contributed by atoms with Gasteiger partial charge in [0.1, 0.15) is 17.5 Å². The summed E-state index contributed by atoms with van der Waals surface area (Å²) in [4.78, 5) is 4.14. The Morgan fingerprint density at radius 2 is 2.20 bits per heavy atom. The van der Waals surface area contributed by atoms with Crippen LogP contribution < -0.4 is 10.5 Å². The van der Waals surface area contributed by atoms with E-state index in [1.165, 1.54) is 0 Å². The Morgan fingerprint density at radius 1 is 1.40 bits per heavy atom. The zero-order valence-corrected chi connectivity index (χ0v) is 8.19. The van der Waals surface area contributed by atoms with E-state index in [4.69, 9.17) is 15.7 Å². The topological polar surface area (TPSA) is 71.9 Å². The Balaban J connectivity index is 2.76. The number of hydrogen-bond donors (Lipinski definition) is 1. The lowest BCUT2D eigenvalue weighted by Crippen LogP contribution is -1.93. The SMILES string of the molecule is COc1ccc2c(N)cc(C#N)nc2c1. The number of rotatable bonds is 1. The Kier molecular flexibility index (Phi) is 2.14. The van der Waals surface area contributed by atoms with Crippen LogP contribution in [0.1, 0.15) is 5.69 Å². The summed E-state index contributed by atoms with van der Waals surface area (Å²) in [6, 6.07) is 8.93. The van der Waals surface area contributed by atoms with Gasteiger partial charge in [-0.25, -0.2) is 4.98 Å². The fourth-order valence-corrected chi connectivity index (χ4v) is 1.42. The van der Waals surface area contributed by atoms with Gasteiger partial charge in [-0.05, 0) is 18.2 Å². The van der Waals surface area contributed by atoms with Gasteiger partial charge in [0.25, 0.3) is 0 Å². The second-order valence-electron chi connectivity index (χ2n) is 3.09. The number of aromatic nitrogens is 1. The monoisotopic (exact) mass is 199 g/mol. The molecule has 4 heteroatoms. The summed E-state index contributed by atoms with van der Waals surface area (Å²) in [6.07, 6.45) is 0. The van der Waals surface area contributed by atoms with Crippen LogP contribution in [-0.4, -0.2) is 12.1 Å². The van der Waals surface area contributed by atoms with Gasteiger partial charge in [0.2, 0.25) is 0 Å². The number of fused-ring (bicyclic) bond motifs is 1. The molecule has 0 radical (unpaired) electrons. The van der Waals surface area contributed by atoms with Gasteiger partial charge in [-0.1, -0.05) is 0 Å². The van der Waals surface area contributed by atoms with Crippen molar-refractivity contribution in [3.63, 3.8) is 0 Å². The Labute approximate surface area is 86.9 Å². The molecule has 0 aliphatic carbocycles. The van der Waals surface area contributed by atoms with Crippen LogP contribution in [0.15, 0.2) is 24.3 Å². The van der Waals surface area contributed by atoms with Gasteiger partial charge < -0.3 is 10.5 Å². The van der Waals surface area contributed by atoms with Crippen LogP contribution in [0.25, 0.3) is 10.9 Å². The van der Waals surface area contributed by atoms with Gasteiger partial charge >= 0.3 is 0 Å². The van der Waals surface area contributed by atoms with Crippen LogP contribution in [-0.2, 0) is 0 Å². The molecule has 2 aromatic rings. The summed E-state index contributed by atoms with van der Waals surface area (Å²) in [7, 11) is 1.58. The fourth-order valence-electron chi connectivity index (χ4n) is 1.42. The third kappa shape index (κ3) is 1.55. The highest BCUT2D eigenvalue weighted by atomic mass is 16.5. The van der Waals surface area contributed by atoms with E-state index in [9.17, 15) is 0 Å². The quantitative estimate of drug-likeness (QED) is 0.758. The second kappa shape index (κ2) is 3.46. The van der Waals surface area contributed by atoms with Crippen LogP contribution in [0.3, 0.4) is 0 Å². The van der Waals surface area contributed by atoms with Gasteiger partial charge in [-0.2, -0.15) is 5.26 Å². The molecule has 2 rings (SSSR count). The number of hydrogen-bond acceptors (Lipinski definition) is 4. The molecule has 4 nitrogen and oxygen atoms in total. The highest BCUT2D eigenvalue weighted by molar-refractivity contribution is 5.91. The van der Waals surface area contributed by atoms with Crippen molar-refractivity contribution < 1.29 is 4.74 Å². The van der Waals surface area contributed by atoms with Crippen molar-refractivity contribution >= 4 is 16.6 Å². The molecule has 0 amide bonds. The van der Waals surface area contributed by atoms with E-state index in [1.54, 1.807) is 19.2 Å². The van der Waals surface area contributed by atoms with Crippen molar-refractivity contribution in [1.29, 1.82) is 5.26 Å². The maximum atomic E-state index is 8.75. The molecule has 0 spiro atoms. The van der Waals surface area contributed by atoms with Crippen molar-refractivity contribution in [2.75, 3.05) is 12.8 Å². The average Bonchev–Trinajstić information content (AvgIpc) is 2.28. The number of nitrogens with two attached hydrogens (primary N) is 1. The van der Waals surface area contributed by atoms with Crippen LogP contribution in [0.4, 0.5) is 5.69 Å². The number of pyridine rings is 1. The summed E-state index contributed by atoms with van der Waals surface area (Å²) in [5.74, 6) is 0.699. The Bertz CT molecular complexity index is 557. The molecule has 15 heavy (non-hydrogen) atoms. The summed E-state index contributed by atoms with van der Waals surface area (Å²) >= 11 is 0. The molecule has 2 N–H and O–H groups in total. The van der Waals surface area contributed by atoms with Crippen molar-refractivity contribution in [2.45, 2.75) is 0 Å². The molecule has 1 aromatic carbocycles. The van der Waals surface area contributed by atoms with Gasteiger partial charge in [0.15, 0.2) is 0 Å². The first-order chi connectivity index (χ1) is 7.24. The van der Waals surface area contributed by atoms with Gasteiger partial charge in [0, 0.05) is 17.1 Å². The minimum Gasteiger partial charge on any atom is -0.497 e. The van der Waals surface area contributed by atoms with E-state index in [-0.39, 0.29) is 0 Å². The highest BCUT2D eigenvalue weighted by Gasteiger charge is 2.03. The molecule has 1 aromatic heterocycles. The largest absolute Gasteiger partial charge is 0.497 e. The lowest BCUT2D eigenvalue weighted by Gasteiger charge is -2.04. The zero-order valence-electron chi connectivity index (χ0n) is 8.19. The van der Waals surface area contributed by atoms with E-state index in [2.05, 4.69) is 4.98 Å². The fraction of sp³-hybridized carbons (Fsp3) is 0.0909. The summed E-state index contributed by atoms with van der Waals surface area (Å²) in [6.45, 7) is 0. The number of ether oxygens (including phenoxy) is 1. The van der Waals surface area contributed by atoms with E-state index in [0.717, 1.165) is 5.39 Å². The molecule has 0 atom stereocenters. The first-order valence-corrected chi connectivity index (χ1v) is 4.39. The first kappa shape index (κ1) is 9.28. The van der Waals surface area contributed by atoms with E-state index in [0.29, 0.717) is 22.6 Å². The van der Waals surface area contributed by atoms with Gasteiger partial charge in [-0.3, -0.25) is 0 Å². The van der Waals surface area contributed by atoms with Crippen LogP contribution in [0.5, 0.6) is 5.75 Å². The summed E-state index contributed by atoms with van der Waals surface area (Å²) in [5, 5.41) is 9.58. The molecule has 0 aliphatic rings. The van der Waals surface area contributed by atoms with E-state index in [1.807, 2.05) is 18.2 Å². The maximum Gasteiger partial charge on any atom is 0.143 e. The lowest BCUT2D eigenvalue weighted by molar-refractivity contribution is 0.415. The smallest absolute Gasteiger partial charge is 0.143 e. The number of methoxy groups -OCH3 is 1. The number of nitrogen functional groups attached to an aromatic ring is 1. The number of nitrogens with zero attached hydrogens (tertiary/aromatic N) is 2. The third-order valence-corrected chi connectivity index (χ3v) is 2.16. The van der Waals surface area contributed by atoms with Crippen LogP contribution in [0, 0.1) is 11.3 Å². The second-order valence-corrected chi connectivity index (χ2v) is 3.09. The van der Waals surface area contributed by atoms with Crippen molar-refractivity contribution in [3.05, 3.63) is 30.0 Å². The molecule has 0 aliphatic heterocycles. The predicted molar refractivity (Wildman–Crippen MR) is 57.4 cm³/mol. The molecule has 0 saturated heterocycles. The highest BCUT2D eigenvalue weighted by Crippen LogP contribution is 2.24. The zero-order chi connectivity index (χ0) is 10.8. The van der Waals surface area contributed by atoms with Crippen molar-refractivity contribution in [2.24, 2.45) is 0 Å². The average molecular weight is 199 g/mol. The minimum atomic E-state index is 0.313. The molecule has 0 fully saturated rings. The summed E-state index contributed by atoms with van der Waals surface area (Å²) in [5.41, 5.74) is 7.33. The number of anilines is 1. The van der Waals surface area contributed by atoms with E-state index >= 15 is 0 Å². The Hall–Kier alpha value is -2.28. The molecule has 0 bridgehead atoms. The Morgan fingerprint density at radius 3 is 2.87 bits per heavy atom. The molecular formula is C11H9N3O. The number of benzene rings is 1. The van der Waals surface area contributed by atoms with Gasteiger partial charge in [0.05, 0.1) is 12.6 Å². The van der Waals surface area contributed by atoms with Crippen molar-refractivity contribution in [3.8, 4) is 11.8 Å². The van der Waals surface area contributed by atoms with Crippen LogP contribution in [0.2, 0.25) is 0 Å². The first-order valence-electron chi connectivity index (χ1n) is 4.39. The van der Waals surface area contributed by atoms with Crippen LogP contribution >= 0.6 is 0 Å². The van der Waals surface area contributed by atoms with Crippen molar-refractivity contribution in [1.82, 2.24) is 4.98 Å². The normalized spacial score (nSPS) is 9.87. The van der Waals surface area contributed by atoms with E-state index < -0.39 is 0 Å². The third-order valence-electron chi connectivity index (χ3n) is 2.16. The summed E-state index contributed by atoms with van der Waals surface area (Å²) < 4.78 is 5.07. The van der Waals surface area contributed by atoms with Gasteiger partial charge in [-0.15, -0.1) is 0 Å². The molecule has 74 valence electrons. The molecule has 0 unspecified atom stereocenters. The standard InChI is InChI=1S/C11H9N3O/c1-15-8-2-3-9-10(13)4-7(6-12)14-11(9)5-8/h2-5H,1H3,(H2,13,14).